The Morgan fingerprint density at radius 1 is 0.769 bits per heavy atom. The molecule has 0 aliphatic heterocycles. The van der Waals surface area contributed by atoms with Gasteiger partial charge in [-0.05, 0) is 5.92 Å². The maximum Gasteiger partial charge on any atom is 0 e. The molecular weight excluding hydrogens is 167 g/mol. The molecule has 0 bridgehead atoms. The zero-order valence-corrected chi connectivity index (χ0v) is 12.2. The van der Waals surface area contributed by atoms with Gasteiger partial charge in [-0.2, -0.15) is 0 Å². The van der Waals surface area contributed by atoms with Crippen molar-refractivity contribution in [2.45, 2.75) is 72.1 Å². The van der Waals surface area contributed by atoms with Gasteiger partial charge in [-0.15, -0.1) is 0 Å². The molecule has 0 atom stereocenters. The molecular formula is C12H26Na. The monoisotopic (exact) mass is 193 g/mol. The van der Waals surface area contributed by atoms with Crippen LogP contribution in [0.1, 0.15) is 72.1 Å². The van der Waals surface area contributed by atoms with Crippen molar-refractivity contribution < 1.29 is 0 Å². The van der Waals surface area contributed by atoms with Crippen LogP contribution >= 0.6 is 0 Å². The second kappa shape index (κ2) is 13.0. The van der Waals surface area contributed by atoms with Crippen molar-refractivity contribution in [3.63, 3.8) is 0 Å². The number of hydrogen-bond acceptors (Lipinski definition) is 0. The minimum atomic E-state index is 0. The predicted molar refractivity (Wildman–Crippen MR) is 63.2 cm³/mol. The van der Waals surface area contributed by atoms with Gasteiger partial charge in [0, 0.05) is 29.6 Å². The van der Waals surface area contributed by atoms with E-state index in [0.717, 1.165) is 5.92 Å². The van der Waals surface area contributed by atoms with Crippen molar-refractivity contribution >= 4 is 29.6 Å². The summed E-state index contributed by atoms with van der Waals surface area (Å²) in [5, 5.41) is 0. The summed E-state index contributed by atoms with van der Waals surface area (Å²) in [6.07, 6.45) is 11.5. The number of rotatable bonds is 8. The minimum absolute atomic E-state index is 0. The van der Waals surface area contributed by atoms with E-state index in [4.69, 9.17) is 0 Å². The first kappa shape index (κ1) is 16.4. The van der Waals surface area contributed by atoms with E-state index in [0.29, 0.717) is 0 Å². The Bertz CT molecular complexity index is 79.2. The second-order valence-electron chi connectivity index (χ2n) is 4.30. The molecule has 13 heavy (non-hydrogen) atoms. The molecule has 0 rings (SSSR count). The molecule has 0 aromatic rings. The Hall–Kier alpha value is 1.00. The van der Waals surface area contributed by atoms with Crippen LogP contribution in [0.2, 0.25) is 0 Å². The van der Waals surface area contributed by atoms with Crippen LogP contribution in [0.15, 0.2) is 0 Å². The zero-order valence-electron chi connectivity index (χ0n) is 10.2. The van der Waals surface area contributed by atoms with Gasteiger partial charge in [-0.25, -0.2) is 0 Å². The standard InChI is InChI=1S/C12H26.Na/c1-4-5-6-7-8-9-10-11-12(2)3;/h12H,4-11H2,1-3H3;. The van der Waals surface area contributed by atoms with Crippen LogP contribution in [0.25, 0.3) is 0 Å². The average Bonchev–Trinajstić information content (AvgIpc) is 2.02. The first-order valence-electron chi connectivity index (χ1n) is 5.77. The molecule has 1 radical (unpaired) electrons. The van der Waals surface area contributed by atoms with Crippen LogP contribution in [-0.4, -0.2) is 29.6 Å². The Kier molecular flexibility index (Phi) is 16.4. The topological polar surface area (TPSA) is 0 Å². The third-order valence-corrected chi connectivity index (χ3v) is 2.39. The summed E-state index contributed by atoms with van der Waals surface area (Å²) >= 11 is 0. The first-order chi connectivity index (χ1) is 5.77. The molecule has 0 N–H and O–H groups in total. The van der Waals surface area contributed by atoms with E-state index < -0.39 is 0 Å². The molecule has 0 nitrogen and oxygen atoms in total. The van der Waals surface area contributed by atoms with Crippen molar-refractivity contribution in [2.24, 2.45) is 5.92 Å². The number of hydrogen-bond donors (Lipinski definition) is 0. The first-order valence-corrected chi connectivity index (χ1v) is 5.77. The van der Waals surface area contributed by atoms with Crippen molar-refractivity contribution in [3.8, 4) is 0 Å². The van der Waals surface area contributed by atoms with Crippen LogP contribution in [0.3, 0.4) is 0 Å². The van der Waals surface area contributed by atoms with Crippen molar-refractivity contribution in [1.82, 2.24) is 0 Å². The van der Waals surface area contributed by atoms with Gasteiger partial charge in [-0.1, -0.05) is 72.1 Å². The average molecular weight is 193 g/mol. The van der Waals surface area contributed by atoms with E-state index in [1.165, 1.54) is 51.4 Å². The largest absolute Gasteiger partial charge is 0.0654 e. The van der Waals surface area contributed by atoms with Gasteiger partial charge in [0.15, 0.2) is 0 Å². The van der Waals surface area contributed by atoms with Gasteiger partial charge < -0.3 is 0 Å². The normalized spacial score (nSPS) is 10.2. The Morgan fingerprint density at radius 3 is 1.69 bits per heavy atom. The molecule has 0 spiro atoms. The van der Waals surface area contributed by atoms with Crippen LogP contribution < -0.4 is 0 Å². The summed E-state index contributed by atoms with van der Waals surface area (Å²) in [4.78, 5) is 0. The SMILES string of the molecule is CCCCCCCCCC(C)C.[Na]. The predicted octanol–water partition coefficient (Wildman–Crippen LogP) is 4.40. The molecule has 0 saturated heterocycles. The smallest absolute Gasteiger partial charge is 0 e. The van der Waals surface area contributed by atoms with Gasteiger partial charge in [-0.3, -0.25) is 0 Å². The fourth-order valence-corrected chi connectivity index (χ4v) is 1.51. The Labute approximate surface area is 107 Å². The molecule has 0 aromatic heterocycles. The summed E-state index contributed by atoms with van der Waals surface area (Å²) in [6, 6.07) is 0. The molecule has 0 aliphatic rings. The summed E-state index contributed by atoms with van der Waals surface area (Å²) in [6.45, 7) is 6.91. The summed E-state index contributed by atoms with van der Waals surface area (Å²) in [5.41, 5.74) is 0. The van der Waals surface area contributed by atoms with E-state index in [9.17, 15) is 0 Å². The maximum atomic E-state index is 2.32. The molecule has 0 amide bonds. The fraction of sp³-hybridized carbons (Fsp3) is 1.00. The molecule has 0 fully saturated rings. The van der Waals surface area contributed by atoms with Crippen LogP contribution in [-0.2, 0) is 0 Å². The Balaban J connectivity index is 0. The van der Waals surface area contributed by atoms with E-state index in [2.05, 4.69) is 20.8 Å². The fourth-order valence-electron chi connectivity index (χ4n) is 1.51. The van der Waals surface area contributed by atoms with Gasteiger partial charge in [0.2, 0.25) is 0 Å². The van der Waals surface area contributed by atoms with E-state index in [1.807, 2.05) is 0 Å². The molecule has 0 aromatic carbocycles. The van der Waals surface area contributed by atoms with Crippen molar-refractivity contribution in [1.29, 1.82) is 0 Å². The molecule has 0 saturated carbocycles. The van der Waals surface area contributed by atoms with E-state index in [1.54, 1.807) is 0 Å². The molecule has 1 heteroatoms. The van der Waals surface area contributed by atoms with Gasteiger partial charge >= 0.3 is 0 Å². The molecule has 0 unspecified atom stereocenters. The molecule has 0 heterocycles. The summed E-state index contributed by atoms with van der Waals surface area (Å²) in [5.74, 6) is 0.903. The van der Waals surface area contributed by atoms with Crippen molar-refractivity contribution in [3.05, 3.63) is 0 Å². The second-order valence-corrected chi connectivity index (χ2v) is 4.30. The van der Waals surface area contributed by atoms with Crippen LogP contribution in [0, 0.1) is 5.92 Å². The molecule has 75 valence electrons. The van der Waals surface area contributed by atoms with Gasteiger partial charge in [0.25, 0.3) is 0 Å². The van der Waals surface area contributed by atoms with E-state index >= 15 is 0 Å². The minimum Gasteiger partial charge on any atom is -0.0654 e. The Morgan fingerprint density at radius 2 is 1.23 bits per heavy atom. The van der Waals surface area contributed by atoms with Crippen molar-refractivity contribution in [2.75, 3.05) is 0 Å². The van der Waals surface area contributed by atoms with Gasteiger partial charge in [0.05, 0.1) is 0 Å². The number of unbranched alkanes of at least 4 members (excludes halogenated alkanes) is 6. The van der Waals surface area contributed by atoms with Crippen LogP contribution in [0.4, 0.5) is 0 Å². The zero-order chi connectivity index (χ0) is 9.23. The third-order valence-electron chi connectivity index (χ3n) is 2.39. The maximum absolute atomic E-state index is 2.32. The van der Waals surface area contributed by atoms with Crippen LogP contribution in [0.5, 0.6) is 0 Å². The summed E-state index contributed by atoms with van der Waals surface area (Å²) in [7, 11) is 0. The third kappa shape index (κ3) is 15.7. The van der Waals surface area contributed by atoms with Gasteiger partial charge in [0.1, 0.15) is 0 Å². The summed E-state index contributed by atoms with van der Waals surface area (Å²) < 4.78 is 0. The molecule has 0 aliphatic carbocycles. The quantitative estimate of drug-likeness (QED) is 0.396. The van der Waals surface area contributed by atoms with E-state index in [-0.39, 0.29) is 29.6 Å².